The van der Waals surface area contributed by atoms with Gasteiger partial charge in [-0.25, -0.2) is 0 Å². The molecule has 1 unspecified atom stereocenters. The van der Waals surface area contributed by atoms with Gasteiger partial charge in [-0.15, -0.1) is 11.3 Å². The summed E-state index contributed by atoms with van der Waals surface area (Å²) in [6.07, 6.45) is 9.28. The van der Waals surface area contributed by atoms with Crippen LogP contribution in [0.1, 0.15) is 68.3 Å². The first kappa shape index (κ1) is 22.1. The summed E-state index contributed by atoms with van der Waals surface area (Å²) in [6, 6.07) is 6.21. The zero-order valence-electron chi connectivity index (χ0n) is 18.7. The molecule has 2 bridgehead atoms. The highest BCUT2D eigenvalue weighted by Crippen LogP contribution is 2.62. The molecule has 0 spiro atoms. The number of thiophene rings is 1. The lowest BCUT2D eigenvalue weighted by Gasteiger charge is -2.62. The second kappa shape index (κ2) is 8.78. The van der Waals surface area contributed by atoms with Crippen LogP contribution in [-0.4, -0.2) is 23.0 Å². The highest BCUT2D eigenvalue weighted by Gasteiger charge is 2.57. The zero-order chi connectivity index (χ0) is 22.2. The van der Waals surface area contributed by atoms with Gasteiger partial charge in [0.05, 0.1) is 5.56 Å². The summed E-state index contributed by atoms with van der Waals surface area (Å²) in [5.74, 6) is 1.05. The van der Waals surface area contributed by atoms with Crippen LogP contribution in [0.4, 0.5) is 0 Å². The molecule has 1 aromatic heterocycles. The number of benzene rings is 1. The normalized spacial score (nSPS) is 26.7. The lowest BCUT2D eigenvalue weighted by Crippen LogP contribution is -2.61. The Morgan fingerprint density at radius 3 is 2.81 bits per heavy atom. The van der Waals surface area contributed by atoms with Crippen molar-refractivity contribution in [1.29, 1.82) is 0 Å². The molecular formula is C26H33NO3S. The van der Waals surface area contributed by atoms with Crippen molar-refractivity contribution in [3.63, 3.8) is 0 Å². The average molecular weight is 440 g/mol. The van der Waals surface area contributed by atoms with Gasteiger partial charge in [0.1, 0.15) is 0 Å². The van der Waals surface area contributed by atoms with Gasteiger partial charge in [0, 0.05) is 17.2 Å². The fourth-order valence-corrected chi connectivity index (χ4v) is 6.86. The predicted molar refractivity (Wildman–Crippen MR) is 127 cm³/mol. The number of carbonyl (C=O) groups is 2. The van der Waals surface area contributed by atoms with Crippen molar-refractivity contribution in [3.8, 4) is 0 Å². The molecule has 31 heavy (non-hydrogen) atoms. The van der Waals surface area contributed by atoms with Crippen molar-refractivity contribution < 1.29 is 14.7 Å². The van der Waals surface area contributed by atoms with Gasteiger partial charge in [-0.2, -0.15) is 0 Å². The molecule has 3 aliphatic rings. The van der Waals surface area contributed by atoms with Gasteiger partial charge in [0.15, 0.2) is 0 Å². The number of allylic oxidation sites excluding steroid dienone is 2. The summed E-state index contributed by atoms with van der Waals surface area (Å²) in [4.78, 5) is 23.9. The van der Waals surface area contributed by atoms with E-state index in [0.29, 0.717) is 29.6 Å². The SMILES string of the molecule is Cc1csc2c(C(=O)NC3C[C@H]4C[C@@H]([C@@H]3CC=CCCCC(=O)O)C4(C)C)cccc12. The Morgan fingerprint density at radius 2 is 2.06 bits per heavy atom. The maximum atomic E-state index is 13.3. The number of aryl methyl sites for hydroxylation is 1. The van der Waals surface area contributed by atoms with Crippen molar-refractivity contribution in [2.45, 2.75) is 65.3 Å². The number of hydrogen-bond donors (Lipinski definition) is 2. The van der Waals surface area contributed by atoms with E-state index in [1.54, 1.807) is 11.3 Å². The minimum absolute atomic E-state index is 0.0481. The molecule has 3 saturated carbocycles. The minimum atomic E-state index is -0.735. The van der Waals surface area contributed by atoms with Gasteiger partial charge in [0.2, 0.25) is 0 Å². The smallest absolute Gasteiger partial charge is 0.303 e. The first-order chi connectivity index (χ1) is 14.8. The van der Waals surface area contributed by atoms with Crippen LogP contribution < -0.4 is 5.32 Å². The summed E-state index contributed by atoms with van der Waals surface area (Å²) in [7, 11) is 0. The van der Waals surface area contributed by atoms with Crippen LogP contribution in [0.3, 0.4) is 0 Å². The van der Waals surface area contributed by atoms with Gasteiger partial charge < -0.3 is 10.4 Å². The molecule has 4 atom stereocenters. The number of hydrogen-bond acceptors (Lipinski definition) is 3. The lowest BCUT2D eigenvalue weighted by molar-refractivity contribution is -0.137. The minimum Gasteiger partial charge on any atom is -0.481 e. The number of aliphatic carboxylic acids is 1. The summed E-state index contributed by atoms with van der Waals surface area (Å²) in [5, 5.41) is 15.5. The Bertz CT molecular complexity index is 1010. The first-order valence-corrected chi connectivity index (χ1v) is 12.3. The van der Waals surface area contributed by atoms with E-state index < -0.39 is 5.97 Å². The standard InChI is InChI=1S/C26H33NO3S/c1-16-15-31-24-18(16)10-8-11-20(24)25(30)27-22-14-17-13-21(26(17,2)3)19(22)9-6-4-5-7-12-23(28)29/h4,6,8,10-11,15,17,19,21-22H,5,7,9,12-14H2,1-3H3,(H,27,30)(H,28,29)/t17-,19+,21+,22?/m1/s1. The van der Waals surface area contributed by atoms with E-state index >= 15 is 0 Å². The Morgan fingerprint density at radius 1 is 1.26 bits per heavy atom. The third-order valence-electron chi connectivity index (χ3n) is 7.81. The van der Waals surface area contributed by atoms with Gasteiger partial charge >= 0.3 is 5.97 Å². The second-order valence-electron chi connectivity index (χ2n) is 9.93. The van der Waals surface area contributed by atoms with E-state index in [2.05, 4.69) is 49.7 Å². The van der Waals surface area contributed by atoms with Gasteiger partial charge in [-0.1, -0.05) is 38.1 Å². The van der Waals surface area contributed by atoms with Gasteiger partial charge in [0.25, 0.3) is 5.91 Å². The van der Waals surface area contributed by atoms with Gasteiger partial charge in [-0.3, -0.25) is 9.59 Å². The third kappa shape index (κ3) is 4.30. The van der Waals surface area contributed by atoms with Crippen LogP contribution in [-0.2, 0) is 4.79 Å². The van der Waals surface area contributed by atoms with Crippen molar-refractivity contribution in [3.05, 3.63) is 46.9 Å². The fourth-order valence-electron chi connectivity index (χ4n) is 5.79. The number of carboxylic acid groups (broad SMARTS) is 1. The molecule has 3 aliphatic carbocycles. The van der Waals surface area contributed by atoms with E-state index in [0.717, 1.165) is 29.5 Å². The monoisotopic (exact) mass is 439 g/mol. The van der Waals surface area contributed by atoms with Crippen molar-refractivity contribution in [2.24, 2.45) is 23.2 Å². The Hall–Kier alpha value is -2.14. The zero-order valence-corrected chi connectivity index (χ0v) is 19.5. The van der Waals surface area contributed by atoms with Crippen LogP contribution in [0, 0.1) is 30.1 Å². The van der Waals surface area contributed by atoms with Crippen LogP contribution >= 0.6 is 11.3 Å². The summed E-state index contributed by atoms with van der Waals surface area (Å²) < 4.78 is 1.08. The molecule has 0 radical (unpaired) electrons. The largest absolute Gasteiger partial charge is 0.481 e. The lowest BCUT2D eigenvalue weighted by atomic mass is 9.44. The fraction of sp³-hybridized carbons (Fsp3) is 0.538. The molecule has 2 N–H and O–H groups in total. The molecule has 1 aromatic carbocycles. The molecule has 1 heterocycles. The third-order valence-corrected chi connectivity index (χ3v) is 8.96. The number of amides is 1. The molecule has 1 amide bonds. The van der Waals surface area contributed by atoms with E-state index in [-0.39, 0.29) is 18.4 Å². The Labute approximate surface area is 188 Å². The number of rotatable bonds is 8. The topological polar surface area (TPSA) is 66.4 Å². The number of carbonyl (C=O) groups excluding carboxylic acids is 1. The van der Waals surface area contributed by atoms with Crippen LogP contribution in [0.25, 0.3) is 10.1 Å². The van der Waals surface area contributed by atoms with E-state index in [1.165, 1.54) is 17.4 Å². The second-order valence-corrected chi connectivity index (χ2v) is 10.8. The molecule has 166 valence electrons. The highest BCUT2D eigenvalue weighted by molar-refractivity contribution is 7.17. The predicted octanol–water partition coefficient (Wildman–Crippen LogP) is 6.19. The molecule has 0 aliphatic heterocycles. The summed E-state index contributed by atoms with van der Waals surface area (Å²) in [5.41, 5.74) is 2.35. The first-order valence-electron chi connectivity index (χ1n) is 11.4. The van der Waals surface area contributed by atoms with E-state index in [9.17, 15) is 9.59 Å². The highest BCUT2D eigenvalue weighted by atomic mass is 32.1. The molecule has 4 nitrogen and oxygen atoms in total. The molecule has 3 fully saturated rings. The number of fused-ring (bicyclic) bond motifs is 3. The van der Waals surface area contributed by atoms with Gasteiger partial charge in [-0.05, 0) is 84.6 Å². The van der Waals surface area contributed by atoms with Crippen molar-refractivity contribution >= 4 is 33.3 Å². The quantitative estimate of drug-likeness (QED) is 0.381. The average Bonchev–Trinajstić information content (AvgIpc) is 3.11. The molecule has 5 rings (SSSR count). The van der Waals surface area contributed by atoms with Crippen LogP contribution in [0.15, 0.2) is 35.7 Å². The van der Waals surface area contributed by atoms with E-state index in [1.807, 2.05) is 12.1 Å². The maximum absolute atomic E-state index is 13.3. The Kier molecular flexibility index (Phi) is 6.25. The summed E-state index contributed by atoms with van der Waals surface area (Å²) in [6.45, 7) is 6.85. The van der Waals surface area contributed by atoms with Crippen LogP contribution in [0.5, 0.6) is 0 Å². The summed E-state index contributed by atoms with van der Waals surface area (Å²) >= 11 is 1.65. The number of unbranched alkanes of at least 4 members (excludes halogenated alkanes) is 1. The van der Waals surface area contributed by atoms with E-state index in [4.69, 9.17) is 5.11 Å². The molecule has 0 saturated heterocycles. The van der Waals surface area contributed by atoms with Crippen molar-refractivity contribution in [2.75, 3.05) is 0 Å². The number of carboxylic acids is 1. The Balaban J connectivity index is 1.46. The molecular weight excluding hydrogens is 406 g/mol. The van der Waals surface area contributed by atoms with Crippen molar-refractivity contribution in [1.82, 2.24) is 5.32 Å². The van der Waals surface area contributed by atoms with Crippen LogP contribution in [0.2, 0.25) is 0 Å². The molecule has 5 heteroatoms. The molecule has 2 aromatic rings. The number of nitrogens with one attached hydrogen (secondary N) is 1. The maximum Gasteiger partial charge on any atom is 0.303 e.